The molecular formula is C10H5F3N2O3. The predicted molar refractivity (Wildman–Crippen MR) is 52.5 cm³/mol. The first-order valence-corrected chi connectivity index (χ1v) is 4.57. The van der Waals surface area contributed by atoms with Gasteiger partial charge in [0.25, 0.3) is 0 Å². The average Bonchev–Trinajstić information content (AvgIpc) is 2.80. The molecule has 3 N–H and O–H groups in total. The van der Waals surface area contributed by atoms with Crippen LogP contribution in [0, 0.1) is 17.5 Å². The summed E-state index contributed by atoms with van der Waals surface area (Å²) in [7, 11) is 0. The second-order valence-corrected chi connectivity index (χ2v) is 3.35. The van der Waals surface area contributed by atoms with E-state index in [-0.39, 0.29) is 11.4 Å². The van der Waals surface area contributed by atoms with Gasteiger partial charge in [0.05, 0.1) is 11.3 Å². The molecule has 18 heavy (non-hydrogen) atoms. The number of carbonyl (C=O) groups is 1. The molecule has 0 aliphatic carbocycles. The van der Waals surface area contributed by atoms with Gasteiger partial charge in [-0.2, -0.15) is 9.49 Å². The van der Waals surface area contributed by atoms with E-state index in [1.165, 1.54) is 0 Å². The zero-order valence-electron chi connectivity index (χ0n) is 8.54. The van der Waals surface area contributed by atoms with Crippen LogP contribution in [0.5, 0.6) is 5.75 Å². The molecule has 8 heteroatoms. The third-order valence-electron chi connectivity index (χ3n) is 2.22. The van der Waals surface area contributed by atoms with Gasteiger partial charge in [0.2, 0.25) is 5.82 Å². The first kappa shape index (κ1) is 12.0. The van der Waals surface area contributed by atoms with Gasteiger partial charge in [0.15, 0.2) is 17.4 Å². The van der Waals surface area contributed by atoms with Gasteiger partial charge in [0.1, 0.15) is 5.69 Å². The number of phenols is 1. The zero-order valence-corrected chi connectivity index (χ0v) is 8.54. The molecule has 0 bridgehead atoms. The molecule has 0 amide bonds. The number of aromatic nitrogens is 2. The highest BCUT2D eigenvalue weighted by molar-refractivity contribution is 5.87. The van der Waals surface area contributed by atoms with Crippen molar-refractivity contribution in [3.05, 3.63) is 35.3 Å². The number of phenolic OH excluding ortho intramolecular Hbond substituents is 1. The molecule has 0 saturated heterocycles. The zero-order chi connectivity index (χ0) is 13.4. The highest BCUT2D eigenvalue weighted by atomic mass is 19.2. The number of H-pyrrole nitrogens is 1. The molecule has 1 aromatic carbocycles. The molecule has 0 spiro atoms. The van der Waals surface area contributed by atoms with Crippen LogP contribution in [-0.2, 0) is 0 Å². The van der Waals surface area contributed by atoms with Crippen molar-refractivity contribution in [3.63, 3.8) is 0 Å². The number of hydrogen-bond donors (Lipinski definition) is 3. The fraction of sp³-hybridized carbons (Fsp3) is 0. The summed E-state index contributed by atoms with van der Waals surface area (Å²) in [5.41, 5.74) is -1.01. The van der Waals surface area contributed by atoms with Gasteiger partial charge >= 0.3 is 5.97 Å². The fourth-order valence-corrected chi connectivity index (χ4v) is 1.35. The first-order chi connectivity index (χ1) is 8.41. The number of aromatic carboxylic acids is 1. The van der Waals surface area contributed by atoms with E-state index in [0.717, 1.165) is 6.07 Å². The number of nitrogens with zero attached hydrogens (tertiary/aromatic N) is 1. The summed E-state index contributed by atoms with van der Waals surface area (Å²) in [6.07, 6.45) is 0. The second kappa shape index (κ2) is 4.06. The Morgan fingerprint density at radius 2 is 1.89 bits per heavy atom. The minimum Gasteiger partial charge on any atom is -0.504 e. The summed E-state index contributed by atoms with van der Waals surface area (Å²) >= 11 is 0. The van der Waals surface area contributed by atoms with Crippen LogP contribution in [0.1, 0.15) is 10.5 Å². The fourth-order valence-electron chi connectivity index (χ4n) is 1.35. The molecule has 2 aromatic rings. The summed E-state index contributed by atoms with van der Waals surface area (Å²) in [5.74, 6) is -7.57. The first-order valence-electron chi connectivity index (χ1n) is 4.57. The lowest BCUT2D eigenvalue weighted by molar-refractivity contribution is 0.0690. The van der Waals surface area contributed by atoms with Crippen LogP contribution in [-0.4, -0.2) is 26.4 Å². The average molecular weight is 258 g/mol. The molecule has 0 saturated carbocycles. The molecule has 0 radical (unpaired) electrons. The van der Waals surface area contributed by atoms with Crippen LogP contribution < -0.4 is 0 Å². The number of benzene rings is 1. The Balaban J connectivity index is 2.60. The summed E-state index contributed by atoms with van der Waals surface area (Å²) in [5, 5.41) is 23.5. The molecule has 0 fully saturated rings. The standard InChI is InChI=1S/C10H5F3N2O3/c11-4-1-3(9(16)8(13)7(4)12)5-2-6(10(17)18)15-14-5/h1-2,16H,(H,14,15)(H,17,18). The van der Waals surface area contributed by atoms with E-state index < -0.39 is 34.7 Å². The maximum atomic E-state index is 13.1. The Morgan fingerprint density at radius 1 is 1.22 bits per heavy atom. The number of carboxylic acids is 1. The Morgan fingerprint density at radius 3 is 2.44 bits per heavy atom. The maximum absolute atomic E-state index is 13.1. The molecule has 94 valence electrons. The lowest BCUT2D eigenvalue weighted by atomic mass is 10.1. The normalized spacial score (nSPS) is 10.6. The van der Waals surface area contributed by atoms with Crippen molar-refractivity contribution in [2.24, 2.45) is 0 Å². The Kier molecular flexibility index (Phi) is 2.70. The summed E-state index contributed by atoms with van der Waals surface area (Å²) < 4.78 is 38.9. The predicted octanol–water partition coefficient (Wildman–Crippen LogP) is 1.90. The lowest BCUT2D eigenvalue weighted by Gasteiger charge is -2.04. The molecule has 1 heterocycles. The van der Waals surface area contributed by atoms with Crippen molar-refractivity contribution in [1.29, 1.82) is 0 Å². The van der Waals surface area contributed by atoms with Crippen molar-refractivity contribution >= 4 is 5.97 Å². The van der Waals surface area contributed by atoms with Gasteiger partial charge in [-0.3, -0.25) is 5.10 Å². The van der Waals surface area contributed by atoms with Crippen molar-refractivity contribution in [1.82, 2.24) is 10.2 Å². The highest BCUT2D eigenvalue weighted by Crippen LogP contribution is 2.33. The lowest BCUT2D eigenvalue weighted by Crippen LogP contribution is -1.95. The number of halogens is 3. The van der Waals surface area contributed by atoms with Crippen LogP contribution >= 0.6 is 0 Å². The molecule has 5 nitrogen and oxygen atoms in total. The monoisotopic (exact) mass is 258 g/mol. The molecular weight excluding hydrogens is 253 g/mol. The van der Waals surface area contributed by atoms with Crippen molar-refractivity contribution < 1.29 is 28.2 Å². The Labute approximate surface area is 97.5 Å². The molecule has 0 atom stereocenters. The van der Waals surface area contributed by atoms with E-state index in [0.29, 0.717) is 6.07 Å². The van der Waals surface area contributed by atoms with Gasteiger partial charge in [-0.1, -0.05) is 0 Å². The minimum atomic E-state index is -1.81. The molecule has 2 rings (SSSR count). The minimum absolute atomic E-state index is 0.220. The van der Waals surface area contributed by atoms with E-state index in [4.69, 9.17) is 5.11 Å². The van der Waals surface area contributed by atoms with E-state index in [9.17, 15) is 23.1 Å². The summed E-state index contributed by atoms with van der Waals surface area (Å²) in [4.78, 5) is 10.6. The third-order valence-corrected chi connectivity index (χ3v) is 2.22. The van der Waals surface area contributed by atoms with Gasteiger partial charge in [-0.25, -0.2) is 13.6 Å². The van der Waals surface area contributed by atoms with E-state index in [1.807, 2.05) is 0 Å². The smallest absolute Gasteiger partial charge is 0.353 e. The number of nitrogens with one attached hydrogen (secondary N) is 1. The van der Waals surface area contributed by atoms with Crippen LogP contribution in [0.15, 0.2) is 12.1 Å². The summed E-state index contributed by atoms with van der Waals surface area (Å²) in [6, 6.07) is 1.48. The van der Waals surface area contributed by atoms with E-state index in [1.54, 1.807) is 0 Å². The van der Waals surface area contributed by atoms with Gasteiger partial charge in [-0.15, -0.1) is 0 Å². The van der Waals surface area contributed by atoms with Crippen molar-refractivity contribution in [2.45, 2.75) is 0 Å². The van der Waals surface area contributed by atoms with E-state index >= 15 is 0 Å². The van der Waals surface area contributed by atoms with Crippen molar-refractivity contribution in [2.75, 3.05) is 0 Å². The van der Waals surface area contributed by atoms with Gasteiger partial charge in [0, 0.05) is 0 Å². The molecule has 0 unspecified atom stereocenters. The van der Waals surface area contributed by atoms with Crippen LogP contribution in [0.2, 0.25) is 0 Å². The SMILES string of the molecule is O=C(O)c1cc(-c2cc(F)c(F)c(F)c2O)n[nH]1. The Bertz CT molecular complexity index is 640. The van der Waals surface area contributed by atoms with Crippen LogP contribution in [0.4, 0.5) is 13.2 Å². The van der Waals surface area contributed by atoms with Gasteiger partial charge < -0.3 is 10.2 Å². The highest BCUT2D eigenvalue weighted by Gasteiger charge is 2.21. The van der Waals surface area contributed by atoms with Crippen LogP contribution in [0.3, 0.4) is 0 Å². The maximum Gasteiger partial charge on any atom is 0.353 e. The molecule has 0 aliphatic heterocycles. The van der Waals surface area contributed by atoms with E-state index in [2.05, 4.69) is 10.2 Å². The Hall–Kier alpha value is -2.51. The number of rotatable bonds is 2. The quantitative estimate of drug-likeness (QED) is 0.718. The van der Waals surface area contributed by atoms with Gasteiger partial charge in [-0.05, 0) is 12.1 Å². The number of aromatic amines is 1. The number of aromatic hydroxyl groups is 1. The van der Waals surface area contributed by atoms with Crippen LogP contribution in [0.25, 0.3) is 11.3 Å². The second-order valence-electron chi connectivity index (χ2n) is 3.35. The molecule has 0 aliphatic rings. The van der Waals surface area contributed by atoms with Crippen molar-refractivity contribution in [3.8, 4) is 17.0 Å². The molecule has 1 aromatic heterocycles. The topological polar surface area (TPSA) is 86.2 Å². The largest absolute Gasteiger partial charge is 0.504 e. The number of carboxylic acid groups (broad SMARTS) is 1. The summed E-state index contributed by atoms with van der Waals surface area (Å²) in [6.45, 7) is 0. The third kappa shape index (κ3) is 1.77. The number of hydrogen-bond acceptors (Lipinski definition) is 3.